The summed E-state index contributed by atoms with van der Waals surface area (Å²) in [4.78, 5) is 13.3. The molecule has 1 unspecified atom stereocenters. The highest BCUT2D eigenvalue weighted by Crippen LogP contribution is 2.02. The van der Waals surface area contributed by atoms with Gasteiger partial charge in [-0.25, -0.2) is 0 Å². The van der Waals surface area contributed by atoms with Gasteiger partial charge < -0.3 is 10.1 Å². The van der Waals surface area contributed by atoms with Crippen molar-refractivity contribution in [3.63, 3.8) is 0 Å². The van der Waals surface area contributed by atoms with Crippen LogP contribution in [0.5, 0.6) is 0 Å². The SMILES string of the molecule is O=C1CCNC(N2CCOCC2)N1. The minimum Gasteiger partial charge on any atom is -0.379 e. The second-order valence-corrected chi connectivity index (χ2v) is 3.32. The fraction of sp³-hybridized carbons (Fsp3) is 0.875. The molecular formula is C8H15N3O2. The molecular weight excluding hydrogens is 170 g/mol. The van der Waals surface area contributed by atoms with E-state index in [1.54, 1.807) is 0 Å². The van der Waals surface area contributed by atoms with Crippen molar-refractivity contribution in [1.82, 2.24) is 15.5 Å². The zero-order chi connectivity index (χ0) is 9.10. The second-order valence-electron chi connectivity index (χ2n) is 3.32. The molecule has 0 saturated carbocycles. The van der Waals surface area contributed by atoms with E-state index in [0.717, 1.165) is 32.8 Å². The third-order valence-corrected chi connectivity index (χ3v) is 2.40. The van der Waals surface area contributed by atoms with Gasteiger partial charge in [-0.3, -0.25) is 15.0 Å². The van der Waals surface area contributed by atoms with Crippen molar-refractivity contribution >= 4 is 5.91 Å². The molecule has 0 radical (unpaired) electrons. The highest BCUT2D eigenvalue weighted by atomic mass is 16.5. The largest absolute Gasteiger partial charge is 0.379 e. The van der Waals surface area contributed by atoms with Gasteiger partial charge in [0.15, 0.2) is 0 Å². The van der Waals surface area contributed by atoms with Gasteiger partial charge in [-0.15, -0.1) is 0 Å². The number of ether oxygens (including phenoxy) is 1. The Balaban J connectivity index is 1.87. The third-order valence-electron chi connectivity index (χ3n) is 2.40. The van der Waals surface area contributed by atoms with Gasteiger partial charge in [-0.1, -0.05) is 0 Å². The molecule has 1 amide bonds. The minimum atomic E-state index is 0.0187. The maximum atomic E-state index is 11.1. The smallest absolute Gasteiger partial charge is 0.223 e. The van der Waals surface area contributed by atoms with Crippen LogP contribution in [0.1, 0.15) is 6.42 Å². The number of nitrogens with zero attached hydrogens (tertiary/aromatic N) is 1. The molecule has 13 heavy (non-hydrogen) atoms. The summed E-state index contributed by atoms with van der Waals surface area (Å²) in [5.74, 6) is 0.134. The Morgan fingerprint density at radius 1 is 1.38 bits per heavy atom. The monoisotopic (exact) mass is 185 g/mol. The maximum absolute atomic E-state index is 11.1. The van der Waals surface area contributed by atoms with Crippen molar-refractivity contribution in [3.05, 3.63) is 0 Å². The highest BCUT2D eigenvalue weighted by Gasteiger charge is 2.24. The standard InChI is InChI=1S/C8H15N3O2/c12-7-1-2-9-8(10-7)11-3-5-13-6-4-11/h8-9H,1-6H2,(H,10,12). The van der Waals surface area contributed by atoms with E-state index in [0.29, 0.717) is 6.42 Å². The number of amides is 1. The lowest BCUT2D eigenvalue weighted by Crippen LogP contribution is -2.62. The van der Waals surface area contributed by atoms with Crippen LogP contribution in [0.25, 0.3) is 0 Å². The molecule has 0 aromatic heterocycles. The van der Waals surface area contributed by atoms with E-state index in [1.807, 2.05) is 0 Å². The summed E-state index contributed by atoms with van der Waals surface area (Å²) in [6, 6.07) is 0. The van der Waals surface area contributed by atoms with Gasteiger partial charge >= 0.3 is 0 Å². The molecule has 2 fully saturated rings. The number of carbonyl (C=O) groups is 1. The van der Waals surface area contributed by atoms with Crippen molar-refractivity contribution in [2.45, 2.75) is 12.7 Å². The summed E-state index contributed by atoms with van der Waals surface area (Å²) in [7, 11) is 0. The first-order valence-corrected chi connectivity index (χ1v) is 4.71. The summed E-state index contributed by atoms with van der Waals surface area (Å²) >= 11 is 0. The van der Waals surface area contributed by atoms with E-state index < -0.39 is 0 Å². The molecule has 0 aliphatic carbocycles. The first-order chi connectivity index (χ1) is 6.36. The quantitative estimate of drug-likeness (QED) is 0.534. The molecule has 2 heterocycles. The molecule has 2 rings (SSSR count). The summed E-state index contributed by atoms with van der Waals surface area (Å²) in [6.45, 7) is 4.06. The van der Waals surface area contributed by atoms with Crippen LogP contribution in [0.15, 0.2) is 0 Å². The van der Waals surface area contributed by atoms with E-state index in [2.05, 4.69) is 15.5 Å². The average molecular weight is 185 g/mol. The van der Waals surface area contributed by atoms with Gasteiger partial charge in [0.05, 0.1) is 13.2 Å². The number of morpholine rings is 1. The van der Waals surface area contributed by atoms with Gasteiger partial charge in [0.1, 0.15) is 6.29 Å². The number of carbonyl (C=O) groups excluding carboxylic acids is 1. The Hall–Kier alpha value is -0.650. The number of rotatable bonds is 1. The molecule has 0 aromatic rings. The summed E-state index contributed by atoms with van der Waals surface area (Å²) in [5, 5.41) is 6.16. The van der Waals surface area contributed by atoms with Crippen molar-refractivity contribution in [1.29, 1.82) is 0 Å². The minimum absolute atomic E-state index is 0.0187. The number of nitrogens with one attached hydrogen (secondary N) is 2. The fourth-order valence-electron chi connectivity index (χ4n) is 1.65. The van der Waals surface area contributed by atoms with Gasteiger partial charge in [-0.05, 0) is 0 Å². The van der Waals surface area contributed by atoms with Crippen molar-refractivity contribution in [2.24, 2.45) is 0 Å². The lowest BCUT2D eigenvalue weighted by Gasteiger charge is -2.37. The van der Waals surface area contributed by atoms with E-state index >= 15 is 0 Å². The van der Waals surface area contributed by atoms with Crippen LogP contribution in [0.2, 0.25) is 0 Å². The van der Waals surface area contributed by atoms with Crippen molar-refractivity contribution < 1.29 is 9.53 Å². The molecule has 5 heteroatoms. The van der Waals surface area contributed by atoms with Crippen molar-refractivity contribution in [3.8, 4) is 0 Å². The number of hydrogen-bond acceptors (Lipinski definition) is 4. The van der Waals surface area contributed by atoms with Crippen LogP contribution in [-0.4, -0.2) is 49.9 Å². The molecule has 2 aliphatic rings. The first kappa shape index (κ1) is 8.93. The topological polar surface area (TPSA) is 53.6 Å². The van der Waals surface area contributed by atoms with Crippen LogP contribution in [-0.2, 0) is 9.53 Å². The number of hydrogen-bond donors (Lipinski definition) is 2. The maximum Gasteiger partial charge on any atom is 0.223 e. The Morgan fingerprint density at radius 2 is 2.15 bits per heavy atom. The molecule has 2 saturated heterocycles. The average Bonchev–Trinajstić information content (AvgIpc) is 2.19. The Labute approximate surface area is 77.4 Å². The first-order valence-electron chi connectivity index (χ1n) is 4.71. The summed E-state index contributed by atoms with van der Waals surface area (Å²) in [6.07, 6.45) is 0.603. The normalized spacial score (nSPS) is 31.4. The Bertz CT molecular complexity index is 192. The van der Waals surface area contributed by atoms with Gasteiger partial charge in [0, 0.05) is 26.1 Å². The zero-order valence-corrected chi connectivity index (χ0v) is 7.58. The predicted molar refractivity (Wildman–Crippen MR) is 46.9 cm³/mol. The van der Waals surface area contributed by atoms with Crippen LogP contribution in [0.4, 0.5) is 0 Å². The van der Waals surface area contributed by atoms with Crippen molar-refractivity contribution in [2.75, 3.05) is 32.8 Å². The van der Waals surface area contributed by atoms with Crippen LogP contribution in [0.3, 0.4) is 0 Å². The summed E-state index contributed by atoms with van der Waals surface area (Å²) in [5.41, 5.74) is 0. The molecule has 2 N–H and O–H groups in total. The second kappa shape index (κ2) is 4.04. The highest BCUT2D eigenvalue weighted by molar-refractivity contribution is 5.77. The molecule has 0 bridgehead atoms. The van der Waals surface area contributed by atoms with Crippen LogP contribution in [0, 0.1) is 0 Å². The zero-order valence-electron chi connectivity index (χ0n) is 7.58. The Morgan fingerprint density at radius 3 is 2.85 bits per heavy atom. The third kappa shape index (κ3) is 2.18. The molecule has 1 atom stereocenters. The lowest BCUT2D eigenvalue weighted by atomic mass is 10.3. The van der Waals surface area contributed by atoms with E-state index in [1.165, 1.54) is 0 Å². The van der Waals surface area contributed by atoms with Gasteiger partial charge in [-0.2, -0.15) is 0 Å². The Kier molecular flexibility index (Phi) is 2.77. The van der Waals surface area contributed by atoms with Crippen LogP contribution < -0.4 is 10.6 Å². The van der Waals surface area contributed by atoms with Gasteiger partial charge in [0.25, 0.3) is 0 Å². The predicted octanol–water partition coefficient (Wildman–Crippen LogP) is -1.29. The fourth-order valence-corrected chi connectivity index (χ4v) is 1.65. The molecule has 0 aromatic carbocycles. The van der Waals surface area contributed by atoms with Crippen LogP contribution >= 0.6 is 0 Å². The molecule has 74 valence electrons. The molecule has 0 spiro atoms. The summed E-state index contributed by atoms with van der Waals surface area (Å²) < 4.78 is 5.24. The van der Waals surface area contributed by atoms with E-state index in [-0.39, 0.29) is 12.2 Å². The molecule has 5 nitrogen and oxygen atoms in total. The lowest BCUT2D eigenvalue weighted by molar-refractivity contribution is -0.126. The van der Waals surface area contributed by atoms with E-state index in [9.17, 15) is 4.79 Å². The van der Waals surface area contributed by atoms with Gasteiger partial charge in [0.2, 0.25) is 5.91 Å². The molecule has 2 aliphatic heterocycles. The van der Waals surface area contributed by atoms with E-state index in [4.69, 9.17) is 4.74 Å².